The molecule has 0 aliphatic carbocycles. The fraction of sp³-hybridized carbons (Fsp3) is 0.364. The molecule has 0 aliphatic heterocycles. The van der Waals surface area contributed by atoms with Gasteiger partial charge in [0.05, 0.1) is 11.7 Å². The molecule has 1 unspecified atom stereocenters. The summed E-state index contributed by atoms with van der Waals surface area (Å²) in [5.41, 5.74) is 1.04. The second kappa shape index (κ2) is 4.06. The highest BCUT2D eigenvalue weighted by Gasteiger charge is 2.13. The number of hydrogen-bond donors (Lipinski definition) is 1. The number of thiophene rings is 1. The minimum atomic E-state index is 0.341. The van der Waals surface area contributed by atoms with E-state index in [4.69, 9.17) is 0 Å². The number of aromatic nitrogens is 2. The maximum absolute atomic E-state index is 4.42. The Morgan fingerprint density at radius 2 is 2.33 bits per heavy atom. The van der Waals surface area contributed by atoms with Gasteiger partial charge in [0.25, 0.3) is 0 Å². The molecule has 2 aromatic rings. The van der Waals surface area contributed by atoms with Crippen molar-refractivity contribution >= 4 is 17.3 Å². The Labute approximate surface area is 93.8 Å². The summed E-state index contributed by atoms with van der Waals surface area (Å²) in [6, 6.07) is 4.58. The lowest BCUT2D eigenvalue weighted by atomic mass is 10.3. The minimum Gasteiger partial charge on any atom is -0.359 e. The highest BCUT2D eigenvalue weighted by Crippen LogP contribution is 2.25. The van der Waals surface area contributed by atoms with Gasteiger partial charge in [-0.15, -0.1) is 11.3 Å². The molecule has 2 rings (SSSR count). The van der Waals surface area contributed by atoms with Gasteiger partial charge in [-0.05, 0) is 25.3 Å². The molecule has 0 amide bonds. The molecule has 0 fully saturated rings. The lowest BCUT2D eigenvalue weighted by Crippen LogP contribution is -2.08. The van der Waals surface area contributed by atoms with Crippen LogP contribution >= 0.6 is 11.3 Å². The van der Waals surface area contributed by atoms with E-state index in [1.165, 1.54) is 4.88 Å². The Kier molecular flexibility index (Phi) is 2.77. The van der Waals surface area contributed by atoms with Gasteiger partial charge in [-0.25, -0.2) is 4.98 Å². The zero-order chi connectivity index (χ0) is 10.8. The predicted molar refractivity (Wildman–Crippen MR) is 64.6 cm³/mol. The first-order valence-corrected chi connectivity index (χ1v) is 5.87. The van der Waals surface area contributed by atoms with Gasteiger partial charge in [0, 0.05) is 18.1 Å². The number of aryl methyl sites for hydroxylation is 1. The summed E-state index contributed by atoms with van der Waals surface area (Å²) in [6.45, 7) is 4.20. The smallest absolute Gasteiger partial charge is 0.203 e. The normalized spacial score (nSPS) is 12.7. The molecule has 80 valence electrons. The lowest BCUT2D eigenvalue weighted by Gasteiger charge is -2.14. The molecule has 1 atom stereocenters. The van der Waals surface area contributed by atoms with E-state index in [0.29, 0.717) is 6.04 Å². The predicted octanol–water partition coefficient (Wildman–Crippen LogP) is 2.90. The van der Waals surface area contributed by atoms with Crippen LogP contribution < -0.4 is 5.32 Å². The van der Waals surface area contributed by atoms with Crippen molar-refractivity contribution < 1.29 is 0 Å². The molecule has 2 aromatic heterocycles. The first-order valence-electron chi connectivity index (χ1n) is 4.99. The number of anilines is 1. The van der Waals surface area contributed by atoms with Crippen molar-refractivity contribution in [2.24, 2.45) is 0 Å². The summed E-state index contributed by atoms with van der Waals surface area (Å²) in [5, 5.41) is 5.22. The minimum absolute atomic E-state index is 0.341. The Morgan fingerprint density at radius 1 is 1.53 bits per heavy atom. The van der Waals surface area contributed by atoms with Crippen LogP contribution in [-0.2, 0) is 0 Å². The van der Waals surface area contributed by atoms with E-state index >= 15 is 0 Å². The number of hydrogen-bond acceptors (Lipinski definition) is 3. The molecule has 0 saturated carbocycles. The van der Waals surface area contributed by atoms with Crippen molar-refractivity contribution in [3.8, 4) is 0 Å². The molecule has 0 spiro atoms. The van der Waals surface area contributed by atoms with Crippen LogP contribution in [-0.4, -0.2) is 16.6 Å². The number of imidazole rings is 1. The SMILES string of the molecule is CNc1nc(C)cn1C(C)c1cccs1. The van der Waals surface area contributed by atoms with E-state index in [-0.39, 0.29) is 0 Å². The van der Waals surface area contributed by atoms with Gasteiger partial charge >= 0.3 is 0 Å². The first kappa shape index (κ1) is 10.2. The average Bonchev–Trinajstić information content (AvgIpc) is 2.84. The third-order valence-corrected chi connectivity index (χ3v) is 3.49. The van der Waals surface area contributed by atoms with E-state index in [9.17, 15) is 0 Å². The third-order valence-electron chi connectivity index (χ3n) is 2.45. The highest BCUT2D eigenvalue weighted by molar-refractivity contribution is 7.10. The monoisotopic (exact) mass is 221 g/mol. The van der Waals surface area contributed by atoms with Gasteiger partial charge in [-0.1, -0.05) is 6.07 Å². The van der Waals surface area contributed by atoms with Gasteiger partial charge in [0.2, 0.25) is 5.95 Å². The quantitative estimate of drug-likeness (QED) is 0.863. The molecule has 0 saturated heterocycles. The summed E-state index contributed by atoms with van der Waals surface area (Å²) in [5.74, 6) is 0.924. The molecule has 0 aliphatic rings. The third kappa shape index (κ3) is 1.90. The molecule has 0 aromatic carbocycles. The van der Waals surface area contributed by atoms with Crippen molar-refractivity contribution in [3.05, 3.63) is 34.3 Å². The van der Waals surface area contributed by atoms with Crippen LogP contribution in [0.1, 0.15) is 23.5 Å². The maximum Gasteiger partial charge on any atom is 0.203 e. The van der Waals surface area contributed by atoms with E-state index in [1.807, 2.05) is 14.0 Å². The van der Waals surface area contributed by atoms with Crippen molar-refractivity contribution in [1.29, 1.82) is 0 Å². The van der Waals surface area contributed by atoms with Crippen LogP contribution in [0.15, 0.2) is 23.7 Å². The standard InChI is InChI=1S/C11H15N3S/c1-8-7-14(11(12-3)13-8)9(2)10-5-4-6-15-10/h4-7,9H,1-3H3,(H,12,13). The van der Waals surface area contributed by atoms with Gasteiger partial charge in [0.15, 0.2) is 0 Å². The zero-order valence-corrected chi connectivity index (χ0v) is 10.0. The fourth-order valence-electron chi connectivity index (χ4n) is 1.66. The number of nitrogens with zero attached hydrogens (tertiary/aromatic N) is 2. The molecule has 0 radical (unpaired) electrons. The second-order valence-electron chi connectivity index (χ2n) is 3.55. The molecule has 15 heavy (non-hydrogen) atoms. The fourth-order valence-corrected chi connectivity index (χ4v) is 2.44. The maximum atomic E-state index is 4.42. The topological polar surface area (TPSA) is 29.9 Å². The van der Waals surface area contributed by atoms with E-state index in [2.05, 4.69) is 45.5 Å². The molecular weight excluding hydrogens is 206 g/mol. The van der Waals surface area contributed by atoms with E-state index < -0.39 is 0 Å². The van der Waals surface area contributed by atoms with Crippen LogP contribution in [0.4, 0.5) is 5.95 Å². The van der Waals surface area contributed by atoms with Crippen molar-refractivity contribution in [2.75, 3.05) is 12.4 Å². The van der Waals surface area contributed by atoms with Crippen molar-refractivity contribution in [3.63, 3.8) is 0 Å². The van der Waals surface area contributed by atoms with Crippen LogP contribution in [0.25, 0.3) is 0 Å². The molecule has 4 heteroatoms. The Bertz CT molecular complexity index is 431. The summed E-state index contributed by atoms with van der Waals surface area (Å²) >= 11 is 1.78. The zero-order valence-electron chi connectivity index (χ0n) is 9.19. The van der Waals surface area contributed by atoms with E-state index in [1.54, 1.807) is 11.3 Å². The van der Waals surface area contributed by atoms with Crippen molar-refractivity contribution in [1.82, 2.24) is 9.55 Å². The van der Waals surface area contributed by atoms with Crippen LogP contribution in [0.5, 0.6) is 0 Å². The first-order chi connectivity index (χ1) is 7.22. The molecule has 3 nitrogen and oxygen atoms in total. The molecule has 0 bridgehead atoms. The molecular formula is C11H15N3S. The Morgan fingerprint density at radius 3 is 2.93 bits per heavy atom. The van der Waals surface area contributed by atoms with Crippen LogP contribution in [0.3, 0.4) is 0 Å². The summed E-state index contributed by atoms with van der Waals surface area (Å²) in [4.78, 5) is 5.77. The molecule has 1 N–H and O–H groups in total. The van der Waals surface area contributed by atoms with Crippen LogP contribution in [0, 0.1) is 6.92 Å². The summed E-state index contributed by atoms with van der Waals surface area (Å²) in [6.07, 6.45) is 2.08. The van der Waals surface area contributed by atoms with Gasteiger partial charge < -0.3 is 9.88 Å². The number of rotatable bonds is 3. The van der Waals surface area contributed by atoms with Gasteiger partial charge in [-0.2, -0.15) is 0 Å². The largest absolute Gasteiger partial charge is 0.359 e. The Balaban J connectivity index is 2.36. The Hall–Kier alpha value is -1.29. The van der Waals surface area contributed by atoms with Crippen LogP contribution in [0.2, 0.25) is 0 Å². The number of nitrogens with one attached hydrogen (secondary N) is 1. The average molecular weight is 221 g/mol. The lowest BCUT2D eigenvalue weighted by molar-refractivity contribution is 0.656. The van der Waals surface area contributed by atoms with Crippen molar-refractivity contribution in [2.45, 2.75) is 19.9 Å². The molecule has 2 heterocycles. The van der Waals surface area contributed by atoms with Gasteiger partial charge in [-0.3, -0.25) is 0 Å². The van der Waals surface area contributed by atoms with E-state index in [0.717, 1.165) is 11.6 Å². The highest BCUT2D eigenvalue weighted by atomic mass is 32.1. The summed E-state index contributed by atoms with van der Waals surface area (Å²) < 4.78 is 2.17. The second-order valence-corrected chi connectivity index (χ2v) is 4.53. The van der Waals surface area contributed by atoms with Gasteiger partial charge in [0.1, 0.15) is 0 Å². The summed E-state index contributed by atoms with van der Waals surface area (Å²) in [7, 11) is 1.90.